The normalized spacial score (nSPS) is 11.8. The summed E-state index contributed by atoms with van der Waals surface area (Å²) in [5.74, 6) is -0.648. The molecule has 7 nitrogen and oxygen atoms in total. The van der Waals surface area contributed by atoms with Crippen molar-refractivity contribution in [1.82, 2.24) is 9.97 Å². The second kappa shape index (κ2) is 8.75. The van der Waals surface area contributed by atoms with E-state index in [1.807, 2.05) is 0 Å². The number of ether oxygens (including phenoxy) is 1. The molecular weight excluding hydrogens is 471 g/mol. The molecule has 0 spiro atoms. The van der Waals surface area contributed by atoms with E-state index in [4.69, 9.17) is 16.3 Å². The number of rotatable bonds is 5. The smallest absolute Gasteiger partial charge is 0.417 e. The van der Waals surface area contributed by atoms with Crippen LogP contribution >= 0.6 is 11.6 Å². The summed E-state index contributed by atoms with van der Waals surface area (Å²) >= 11 is 5.56. The van der Waals surface area contributed by atoms with Crippen molar-refractivity contribution in [2.75, 3.05) is 11.4 Å². The molecule has 12 heteroatoms. The Morgan fingerprint density at radius 1 is 1.06 bits per heavy atom. The van der Waals surface area contributed by atoms with Gasteiger partial charge >= 0.3 is 12.1 Å². The van der Waals surface area contributed by atoms with Crippen molar-refractivity contribution in [2.24, 2.45) is 0 Å². The molecule has 0 aliphatic heterocycles. The molecular formula is C20H15ClF3N3O4S. The van der Waals surface area contributed by atoms with Crippen LogP contribution in [0, 0.1) is 6.92 Å². The maximum absolute atomic E-state index is 13.1. The van der Waals surface area contributed by atoms with Crippen molar-refractivity contribution < 1.29 is 31.1 Å². The summed E-state index contributed by atoms with van der Waals surface area (Å²) in [6.45, 7) is 1.71. The monoisotopic (exact) mass is 485 g/mol. The van der Waals surface area contributed by atoms with Crippen molar-refractivity contribution in [3.8, 4) is 5.75 Å². The minimum Gasteiger partial charge on any atom is -0.422 e. The zero-order valence-electron chi connectivity index (χ0n) is 16.6. The predicted molar refractivity (Wildman–Crippen MR) is 110 cm³/mol. The number of sulfonamides is 1. The number of hydrogen-bond donors (Lipinski definition) is 0. The summed E-state index contributed by atoms with van der Waals surface area (Å²) in [4.78, 5) is 19.4. The van der Waals surface area contributed by atoms with Crippen LogP contribution in [0.1, 0.15) is 21.7 Å². The Kier molecular flexibility index (Phi) is 6.42. The van der Waals surface area contributed by atoms with Gasteiger partial charge in [-0.2, -0.15) is 13.2 Å². The van der Waals surface area contributed by atoms with Gasteiger partial charge in [0.2, 0.25) is 0 Å². The fourth-order valence-corrected chi connectivity index (χ4v) is 4.01. The van der Waals surface area contributed by atoms with Gasteiger partial charge in [-0.1, -0.05) is 11.6 Å². The number of carbonyl (C=O) groups excluding carboxylic acids is 1. The molecule has 0 fully saturated rings. The average Bonchev–Trinajstić information content (AvgIpc) is 2.73. The number of alkyl halides is 3. The molecule has 0 saturated carbocycles. The second-order valence-electron chi connectivity index (χ2n) is 6.54. The molecule has 0 aliphatic carbocycles. The van der Waals surface area contributed by atoms with Gasteiger partial charge in [-0.3, -0.25) is 9.29 Å². The van der Waals surface area contributed by atoms with Gasteiger partial charge < -0.3 is 4.74 Å². The summed E-state index contributed by atoms with van der Waals surface area (Å²) in [6, 6.07) is 7.69. The lowest BCUT2D eigenvalue weighted by Crippen LogP contribution is -2.27. The van der Waals surface area contributed by atoms with E-state index in [9.17, 15) is 26.4 Å². The Morgan fingerprint density at radius 2 is 1.72 bits per heavy atom. The van der Waals surface area contributed by atoms with Gasteiger partial charge in [-0.05, 0) is 49.4 Å². The highest BCUT2D eigenvalue weighted by atomic mass is 35.5. The molecule has 0 atom stereocenters. The summed E-state index contributed by atoms with van der Waals surface area (Å²) < 4.78 is 70.9. The third-order valence-corrected chi connectivity index (χ3v) is 6.41. The van der Waals surface area contributed by atoms with Crippen molar-refractivity contribution in [3.63, 3.8) is 0 Å². The van der Waals surface area contributed by atoms with E-state index in [2.05, 4.69) is 9.97 Å². The molecule has 168 valence electrons. The van der Waals surface area contributed by atoms with Crippen molar-refractivity contribution in [1.29, 1.82) is 0 Å². The van der Waals surface area contributed by atoms with Crippen LogP contribution in [-0.4, -0.2) is 31.4 Å². The molecule has 0 saturated heterocycles. The first-order valence-electron chi connectivity index (χ1n) is 8.86. The number of esters is 1. The number of hydrogen-bond acceptors (Lipinski definition) is 6. The number of halogens is 4. The zero-order chi connectivity index (χ0) is 23.7. The minimum absolute atomic E-state index is 0.0115. The van der Waals surface area contributed by atoms with Crippen LogP contribution < -0.4 is 9.04 Å². The number of benzene rings is 2. The van der Waals surface area contributed by atoms with Gasteiger partial charge in [0, 0.05) is 13.2 Å². The average molecular weight is 486 g/mol. The fraction of sp³-hybridized carbons (Fsp3) is 0.150. The van der Waals surface area contributed by atoms with Crippen LogP contribution in [0.25, 0.3) is 0 Å². The SMILES string of the molecule is Cc1cnc(C(=O)Oc2ccc(N(C)S(=O)(=O)c3ccc(Cl)c(C(F)(F)F)c3)cc2)cn1. The van der Waals surface area contributed by atoms with Crippen molar-refractivity contribution in [3.05, 3.63) is 76.8 Å². The first-order chi connectivity index (χ1) is 14.9. The van der Waals surface area contributed by atoms with Crippen LogP contribution in [0.2, 0.25) is 5.02 Å². The van der Waals surface area contributed by atoms with Gasteiger partial charge in [0.15, 0.2) is 5.69 Å². The molecule has 1 aromatic heterocycles. The van der Waals surface area contributed by atoms with E-state index in [0.29, 0.717) is 11.8 Å². The molecule has 1 heterocycles. The largest absolute Gasteiger partial charge is 0.422 e. The van der Waals surface area contributed by atoms with Crippen LogP contribution in [0.15, 0.2) is 59.8 Å². The van der Waals surface area contributed by atoms with E-state index in [1.54, 1.807) is 6.92 Å². The van der Waals surface area contributed by atoms with E-state index in [1.165, 1.54) is 43.7 Å². The number of carbonyl (C=O) groups is 1. The maximum Gasteiger partial charge on any atom is 0.417 e. The molecule has 3 rings (SSSR count). The maximum atomic E-state index is 13.1. The highest BCUT2D eigenvalue weighted by Crippen LogP contribution is 2.36. The molecule has 0 aliphatic rings. The second-order valence-corrected chi connectivity index (χ2v) is 8.91. The topological polar surface area (TPSA) is 89.5 Å². The zero-order valence-corrected chi connectivity index (χ0v) is 18.2. The van der Waals surface area contributed by atoms with E-state index in [0.717, 1.165) is 16.4 Å². The fourth-order valence-electron chi connectivity index (χ4n) is 2.56. The van der Waals surface area contributed by atoms with Crippen LogP contribution in [0.4, 0.5) is 18.9 Å². The van der Waals surface area contributed by atoms with E-state index in [-0.39, 0.29) is 17.1 Å². The number of anilines is 1. The Hall–Kier alpha value is -3.18. The molecule has 0 unspecified atom stereocenters. The van der Waals surface area contributed by atoms with Gasteiger partial charge in [-0.15, -0.1) is 0 Å². The Balaban J connectivity index is 1.81. The molecule has 0 bridgehead atoms. The third kappa shape index (κ3) is 5.00. The van der Waals surface area contributed by atoms with Gasteiger partial charge in [0.25, 0.3) is 10.0 Å². The number of nitrogens with zero attached hydrogens (tertiary/aromatic N) is 3. The lowest BCUT2D eigenvalue weighted by molar-refractivity contribution is -0.137. The highest BCUT2D eigenvalue weighted by molar-refractivity contribution is 7.92. The van der Waals surface area contributed by atoms with Crippen molar-refractivity contribution in [2.45, 2.75) is 18.0 Å². The minimum atomic E-state index is -4.81. The summed E-state index contributed by atoms with van der Waals surface area (Å²) in [6.07, 6.45) is -2.15. The quantitative estimate of drug-likeness (QED) is 0.390. The van der Waals surface area contributed by atoms with Gasteiger partial charge in [0.05, 0.1) is 33.1 Å². The van der Waals surface area contributed by atoms with Crippen LogP contribution in [0.3, 0.4) is 0 Å². The number of aryl methyl sites for hydroxylation is 1. The molecule has 2 aromatic carbocycles. The highest BCUT2D eigenvalue weighted by Gasteiger charge is 2.35. The predicted octanol–water partition coefficient (Wildman–Crippen LogP) is 4.50. The van der Waals surface area contributed by atoms with E-state index < -0.39 is 37.7 Å². The number of aromatic nitrogens is 2. The van der Waals surface area contributed by atoms with Crippen LogP contribution in [-0.2, 0) is 16.2 Å². The third-order valence-electron chi connectivity index (χ3n) is 4.30. The van der Waals surface area contributed by atoms with E-state index >= 15 is 0 Å². The first kappa shape index (κ1) is 23.5. The lowest BCUT2D eigenvalue weighted by atomic mass is 10.2. The first-order valence-corrected chi connectivity index (χ1v) is 10.7. The van der Waals surface area contributed by atoms with Gasteiger partial charge in [0.1, 0.15) is 5.75 Å². The molecule has 32 heavy (non-hydrogen) atoms. The van der Waals surface area contributed by atoms with Crippen LogP contribution in [0.5, 0.6) is 5.75 Å². The lowest BCUT2D eigenvalue weighted by Gasteiger charge is -2.20. The Labute approximate surface area is 186 Å². The molecule has 0 N–H and O–H groups in total. The summed E-state index contributed by atoms with van der Waals surface area (Å²) in [5.41, 5.74) is -0.515. The molecule has 0 amide bonds. The summed E-state index contributed by atoms with van der Waals surface area (Å²) in [5, 5.41) is -0.608. The Bertz CT molecular complexity index is 1250. The molecule has 0 radical (unpaired) electrons. The Morgan fingerprint density at radius 3 is 2.28 bits per heavy atom. The summed E-state index contributed by atoms with van der Waals surface area (Å²) in [7, 11) is -3.15. The molecule has 3 aromatic rings. The van der Waals surface area contributed by atoms with Crippen molar-refractivity contribution >= 4 is 33.3 Å². The standard InChI is InChI=1S/C20H15ClF3N3O4S/c1-12-10-26-18(11-25-12)19(28)31-14-5-3-13(4-6-14)27(2)32(29,30)15-7-8-17(21)16(9-15)20(22,23)24/h3-11H,1-2H3. The van der Waals surface area contributed by atoms with Gasteiger partial charge in [-0.25, -0.2) is 18.2 Å².